The summed E-state index contributed by atoms with van der Waals surface area (Å²) < 4.78 is 0. The minimum absolute atomic E-state index is 0.300. The number of rotatable bonds is 4. The zero-order valence-electron chi connectivity index (χ0n) is 10.3. The van der Waals surface area contributed by atoms with Gasteiger partial charge in [0, 0.05) is 6.42 Å². The number of hydrogen-bond donors (Lipinski definition) is 0. The molecule has 0 radical (unpaired) electrons. The summed E-state index contributed by atoms with van der Waals surface area (Å²) in [5.74, 6) is 0.769. The fourth-order valence-electron chi connectivity index (χ4n) is 2.72. The molecule has 0 spiro atoms. The van der Waals surface area contributed by atoms with Crippen LogP contribution in [0, 0.1) is 5.92 Å². The van der Waals surface area contributed by atoms with Gasteiger partial charge in [0.25, 0.3) is 0 Å². The van der Waals surface area contributed by atoms with Crippen LogP contribution in [0.3, 0.4) is 0 Å². The number of benzene rings is 1. The van der Waals surface area contributed by atoms with Crippen LogP contribution in [0.4, 0.5) is 0 Å². The summed E-state index contributed by atoms with van der Waals surface area (Å²) in [5, 5.41) is 0. The van der Waals surface area contributed by atoms with E-state index in [1.54, 1.807) is 6.92 Å². The van der Waals surface area contributed by atoms with Gasteiger partial charge in [-0.05, 0) is 55.2 Å². The normalized spacial score (nSPS) is 15.9. The fourth-order valence-corrected chi connectivity index (χ4v) is 2.72. The molecule has 1 unspecified atom stereocenters. The predicted molar refractivity (Wildman–Crippen MR) is 66.6 cm³/mol. The van der Waals surface area contributed by atoms with Crippen molar-refractivity contribution in [1.29, 1.82) is 0 Å². The summed E-state index contributed by atoms with van der Waals surface area (Å²) >= 11 is 0. The molecule has 0 heterocycles. The van der Waals surface area contributed by atoms with Crippen LogP contribution < -0.4 is 0 Å². The average molecular weight is 216 g/mol. The second-order valence-corrected chi connectivity index (χ2v) is 5.17. The van der Waals surface area contributed by atoms with Crippen LogP contribution in [0.5, 0.6) is 0 Å². The van der Waals surface area contributed by atoms with Crippen molar-refractivity contribution in [1.82, 2.24) is 0 Å². The first kappa shape index (κ1) is 11.4. The third-order valence-electron chi connectivity index (χ3n) is 3.38. The largest absolute Gasteiger partial charge is 0.300 e. The van der Waals surface area contributed by atoms with Crippen molar-refractivity contribution in [2.24, 2.45) is 5.92 Å². The lowest BCUT2D eigenvalue weighted by molar-refractivity contribution is -0.117. The van der Waals surface area contributed by atoms with Gasteiger partial charge in [-0.2, -0.15) is 0 Å². The molecule has 1 aliphatic carbocycles. The molecule has 1 atom stereocenters. The van der Waals surface area contributed by atoms with E-state index in [0.717, 1.165) is 6.42 Å². The molecule has 1 aromatic rings. The maximum atomic E-state index is 11.0. The van der Waals surface area contributed by atoms with E-state index in [0.29, 0.717) is 18.1 Å². The molecule has 0 aliphatic heterocycles. The average Bonchev–Trinajstić information content (AvgIpc) is 2.63. The van der Waals surface area contributed by atoms with E-state index >= 15 is 0 Å². The highest BCUT2D eigenvalue weighted by Crippen LogP contribution is 2.24. The van der Waals surface area contributed by atoms with Crippen LogP contribution in [-0.2, 0) is 24.1 Å². The predicted octanol–water partition coefficient (Wildman–Crippen LogP) is 3.33. The number of hydrogen-bond acceptors (Lipinski definition) is 1. The molecule has 2 rings (SSSR count). The van der Waals surface area contributed by atoms with Crippen LogP contribution in [0.25, 0.3) is 0 Å². The molecule has 0 saturated heterocycles. The molecule has 86 valence electrons. The number of fused-ring (bicyclic) bond motifs is 1. The van der Waals surface area contributed by atoms with Gasteiger partial charge < -0.3 is 4.79 Å². The summed E-state index contributed by atoms with van der Waals surface area (Å²) in [5.41, 5.74) is 4.46. The van der Waals surface area contributed by atoms with Crippen molar-refractivity contribution in [2.75, 3.05) is 0 Å². The first-order chi connectivity index (χ1) is 7.65. The van der Waals surface area contributed by atoms with Crippen molar-refractivity contribution in [3.05, 3.63) is 34.9 Å². The highest BCUT2D eigenvalue weighted by Gasteiger charge is 2.12. The topological polar surface area (TPSA) is 17.1 Å². The Morgan fingerprint density at radius 2 is 2.06 bits per heavy atom. The molecule has 0 saturated carbocycles. The quantitative estimate of drug-likeness (QED) is 0.754. The lowest BCUT2D eigenvalue weighted by atomic mass is 9.94. The van der Waals surface area contributed by atoms with Crippen molar-refractivity contribution in [2.45, 2.75) is 46.0 Å². The lowest BCUT2D eigenvalue weighted by Crippen LogP contribution is -2.05. The van der Waals surface area contributed by atoms with Gasteiger partial charge in [-0.25, -0.2) is 0 Å². The SMILES string of the molecule is CC(=O)CC(C)Cc1ccc2c(c1)CCC2. The Morgan fingerprint density at radius 1 is 1.31 bits per heavy atom. The van der Waals surface area contributed by atoms with E-state index in [2.05, 4.69) is 25.1 Å². The highest BCUT2D eigenvalue weighted by molar-refractivity contribution is 5.75. The molecule has 0 fully saturated rings. The lowest BCUT2D eigenvalue weighted by Gasteiger charge is -2.10. The van der Waals surface area contributed by atoms with E-state index in [1.807, 2.05) is 0 Å². The monoisotopic (exact) mass is 216 g/mol. The van der Waals surface area contributed by atoms with Gasteiger partial charge in [-0.3, -0.25) is 0 Å². The second-order valence-electron chi connectivity index (χ2n) is 5.17. The summed E-state index contributed by atoms with van der Waals surface area (Å²) in [6.45, 7) is 3.84. The number of ketones is 1. The number of carbonyl (C=O) groups is 1. The van der Waals surface area contributed by atoms with E-state index in [1.165, 1.54) is 36.0 Å². The molecule has 1 aliphatic rings. The Kier molecular flexibility index (Phi) is 3.42. The van der Waals surface area contributed by atoms with E-state index < -0.39 is 0 Å². The standard InChI is InChI=1S/C15H20O/c1-11(8-12(2)16)9-13-6-7-14-4-3-5-15(14)10-13/h6-7,10-11H,3-5,8-9H2,1-2H3. The first-order valence-electron chi connectivity index (χ1n) is 6.25. The van der Waals surface area contributed by atoms with E-state index in [4.69, 9.17) is 0 Å². The molecule has 1 heteroatoms. The van der Waals surface area contributed by atoms with Gasteiger partial charge in [-0.15, -0.1) is 0 Å². The minimum Gasteiger partial charge on any atom is -0.300 e. The Labute approximate surface area is 97.9 Å². The van der Waals surface area contributed by atoms with Gasteiger partial charge in [-0.1, -0.05) is 25.1 Å². The molecular weight excluding hydrogens is 196 g/mol. The van der Waals surface area contributed by atoms with Crippen LogP contribution in [0.15, 0.2) is 18.2 Å². The Hall–Kier alpha value is -1.11. The molecule has 1 nitrogen and oxygen atoms in total. The molecule has 16 heavy (non-hydrogen) atoms. The summed E-state index contributed by atoms with van der Waals surface area (Å²) in [4.78, 5) is 11.0. The van der Waals surface area contributed by atoms with E-state index in [9.17, 15) is 4.79 Å². The molecule has 0 N–H and O–H groups in total. The minimum atomic E-state index is 0.300. The van der Waals surface area contributed by atoms with Gasteiger partial charge >= 0.3 is 0 Å². The van der Waals surface area contributed by atoms with E-state index in [-0.39, 0.29) is 0 Å². The Morgan fingerprint density at radius 3 is 2.81 bits per heavy atom. The summed E-state index contributed by atoms with van der Waals surface area (Å²) in [6, 6.07) is 6.86. The van der Waals surface area contributed by atoms with Gasteiger partial charge in [0.05, 0.1) is 0 Å². The molecule has 0 amide bonds. The fraction of sp³-hybridized carbons (Fsp3) is 0.533. The molecular formula is C15H20O. The van der Waals surface area contributed by atoms with Crippen molar-refractivity contribution in [3.63, 3.8) is 0 Å². The van der Waals surface area contributed by atoms with Crippen molar-refractivity contribution < 1.29 is 4.79 Å². The highest BCUT2D eigenvalue weighted by atomic mass is 16.1. The van der Waals surface area contributed by atoms with Gasteiger partial charge in [0.1, 0.15) is 5.78 Å². The van der Waals surface area contributed by atoms with Crippen LogP contribution in [-0.4, -0.2) is 5.78 Å². The van der Waals surface area contributed by atoms with Gasteiger partial charge in [0.15, 0.2) is 0 Å². The number of carbonyl (C=O) groups excluding carboxylic acids is 1. The number of aryl methyl sites for hydroxylation is 2. The molecule has 0 aromatic heterocycles. The number of Topliss-reactive ketones (excluding diaryl/α,β-unsaturated/α-hetero) is 1. The van der Waals surface area contributed by atoms with Crippen LogP contribution in [0.1, 0.15) is 43.4 Å². The van der Waals surface area contributed by atoms with Crippen molar-refractivity contribution >= 4 is 5.78 Å². The third-order valence-corrected chi connectivity index (χ3v) is 3.38. The summed E-state index contributed by atoms with van der Waals surface area (Å²) in [7, 11) is 0. The Bertz CT molecular complexity index is 392. The maximum absolute atomic E-state index is 11.0. The maximum Gasteiger partial charge on any atom is 0.130 e. The second kappa shape index (κ2) is 4.82. The smallest absolute Gasteiger partial charge is 0.130 e. The van der Waals surface area contributed by atoms with Crippen LogP contribution >= 0.6 is 0 Å². The van der Waals surface area contributed by atoms with Crippen molar-refractivity contribution in [3.8, 4) is 0 Å². The first-order valence-corrected chi connectivity index (χ1v) is 6.25. The molecule has 0 bridgehead atoms. The van der Waals surface area contributed by atoms with Gasteiger partial charge in [0.2, 0.25) is 0 Å². The van der Waals surface area contributed by atoms with Crippen LogP contribution in [0.2, 0.25) is 0 Å². The molecule has 1 aromatic carbocycles. The zero-order valence-corrected chi connectivity index (χ0v) is 10.3. The Balaban J connectivity index is 2.02. The third kappa shape index (κ3) is 2.72. The summed E-state index contributed by atoms with van der Waals surface area (Å²) in [6.07, 6.45) is 5.54. The zero-order chi connectivity index (χ0) is 11.5.